The van der Waals surface area contributed by atoms with E-state index in [-0.39, 0.29) is 36.6 Å². The third-order valence-electron chi connectivity index (χ3n) is 5.19. The second kappa shape index (κ2) is 8.96. The molecule has 3 rings (SSSR count). The van der Waals surface area contributed by atoms with E-state index >= 15 is 0 Å². The lowest BCUT2D eigenvalue weighted by Gasteiger charge is -2.37. The number of carbonyl (C=O) groups is 1. The van der Waals surface area contributed by atoms with Crippen LogP contribution in [0.1, 0.15) is 25.0 Å². The van der Waals surface area contributed by atoms with Gasteiger partial charge in [-0.3, -0.25) is 4.79 Å². The van der Waals surface area contributed by atoms with E-state index in [0.717, 1.165) is 10.5 Å². The first kappa shape index (κ1) is 22.6. The summed E-state index contributed by atoms with van der Waals surface area (Å²) in [6.07, 6.45) is 1.62. The van der Waals surface area contributed by atoms with Crippen LogP contribution in [0.4, 0.5) is 4.39 Å². The van der Waals surface area contributed by atoms with Crippen molar-refractivity contribution in [2.75, 3.05) is 33.8 Å². The fourth-order valence-electron chi connectivity index (χ4n) is 3.52. The Morgan fingerprint density at radius 2 is 2.20 bits per heavy atom. The number of esters is 1. The van der Waals surface area contributed by atoms with Crippen LogP contribution in [0.3, 0.4) is 0 Å². The number of imidazole rings is 1. The summed E-state index contributed by atoms with van der Waals surface area (Å²) in [6.45, 7) is 2.10. The highest BCUT2D eigenvalue weighted by molar-refractivity contribution is 7.86. The van der Waals surface area contributed by atoms with Gasteiger partial charge >= 0.3 is 5.97 Å². The number of H-pyrrole nitrogens is 1. The van der Waals surface area contributed by atoms with E-state index in [4.69, 9.17) is 11.6 Å². The van der Waals surface area contributed by atoms with Crippen LogP contribution in [0, 0.1) is 11.7 Å². The number of likely N-dealkylation sites (N-methyl/N-ethyl adjacent to an activating group) is 1. The van der Waals surface area contributed by atoms with Crippen LogP contribution in [-0.2, 0) is 19.7 Å². The van der Waals surface area contributed by atoms with Crippen LogP contribution in [0.2, 0.25) is 5.15 Å². The van der Waals surface area contributed by atoms with Gasteiger partial charge in [-0.2, -0.15) is 17.0 Å². The van der Waals surface area contributed by atoms with E-state index in [1.54, 1.807) is 0 Å². The molecule has 164 valence electrons. The molecular weight excluding hydrogens is 437 g/mol. The van der Waals surface area contributed by atoms with Gasteiger partial charge in [0.2, 0.25) is 0 Å². The third kappa shape index (κ3) is 4.64. The van der Waals surface area contributed by atoms with Crippen LogP contribution >= 0.6 is 11.6 Å². The van der Waals surface area contributed by atoms with Crippen molar-refractivity contribution in [2.24, 2.45) is 5.92 Å². The molecule has 0 bridgehead atoms. The number of nitrogens with one attached hydrogen (secondary N) is 1. The molecule has 9 nitrogen and oxygen atoms in total. The number of carbonyl (C=O) groups excluding carboxylic acids is 1. The van der Waals surface area contributed by atoms with Crippen molar-refractivity contribution in [3.8, 4) is 11.5 Å². The van der Waals surface area contributed by atoms with E-state index in [0.29, 0.717) is 23.6 Å². The van der Waals surface area contributed by atoms with E-state index in [1.165, 1.54) is 30.6 Å². The number of ether oxygens (including phenoxy) is 1. The molecule has 1 fully saturated rings. The lowest BCUT2D eigenvalue weighted by atomic mass is 9.86. The Morgan fingerprint density at radius 1 is 1.47 bits per heavy atom. The summed E-state index contributed by atoms with van der Waals surface area (Å²) in [5.74, 6) is -0.759. The number of aromatic nitrogens is 3. The van der Waals surface area contributed by atoms with Crippen molar-refractivity contribution >= 4 is 27.8 Å². The third-order valence-corrected chi connectivity index (χ3v) is 7.38. The molecule has 1 aliphatic rings. The molecule has 0 spiro atoms. The number of aromatic amines is 1. The largest absolute Gasteiger partial charge is 0.468 e. The van der Waals surface area contributed by atoms with Gasteiger partial charge < -0.3 is 9.72 Å². The van der Waals surface area contributed by atoms with Gasteiger partial charge in [0.25, 0.3) is 10.2 Å². The van der Waals surface area contributed by atoms with Gasteiger partial charge in [-0.15, -0.1) is 0 Å². The topological polar surface area (TPSA) is 108 Å². The molecule has 1 saturated heterocycles. The van der Waals surface area contributed by atoms with Crippen LogP contribution in [0.25, 0.3) is 11.5 Å². The average Bonchev–Trinajstić information content (AvgIpc) is 3.09. The molecular formula is C18H23ClFN5O4S. The Kier molecular flexibility index (Phi) is 6.75. The van der Waals surface area contributed by atoms with E-state index in [1.807, 2.05) is 6.92 Å². The van der Waals surface area contributed by atoms with Crippen LogP contribution in [0.15, 0.2) is 18.3 Å². The van der Waals surface area contributed by atoms with Gasteiger partial charge in [0, 0.05) is 26.1 Å². The molecule has 2 aromatic rings. The number of hydrogen-bond acceptors (Lipinski definition) is 6. The second-order valence-corrected chi connectivity index (χ2v) is 9.62. The van der Waals surface area contributed by atoms with Crippen LogP contribution in [0.5, 0.6) is 0 Å². The lowest BCUT2D eigenvalue weighted by molar-refractivity contribution is -0.140. The first-order valence-electron chi connectivity index (χ1n) is 9.29. The Bertz CT molecular complexity index is 1010. The van der Waals surface area contributed by atoms with Crippen molar-refractivity contribution in [3.63, 3.8) is 0 Å². The molecule has 2 aromatic heterocycles. The van der Waals surface area contributed by atoms with Crippen molar-refractivity contribution < 1.29 is 22.3 Å². The summed E-state index contributed by atoms with van der Waals surface area (Å²) >= 11 is 6.34. The maximum Gasteiger partial charge on any atom is 0.321 e. The van der Waals surface area contributed by atoms with E-state index in [2.05, 4.69) is 19.7 Å². The molecule has 1 N–H and O–H groups in total. The average molecular weight is 460 g/mol. The second-order valence-electron chi connectivity index (χ2n) is 7.22. The first-order chi connectivity index (χ1) is 14.1. The number of hydrogen-bond donors (Lipinski definition) is 1. The molecule has 0 unspecified atom stereocenters. The fraction of sp³-hybridized carbons (Fsp3) is 0.500. The number of pyridine rings is 1. The molecule has 30 heavy (non-hydrogen) atoms. The fourth-order valence-corrected chi connectivity index (χ4v) is 5.21. The molecule has 3 heterocycles. The minimum atomic E-state index is -3.80. The highest BCUT2D eigenvalue weighted by atomic mass is 35.5. The van der Waals surface area contributed by atoms with Crippen LogP contribution < -0.4 is 0 Å². The zero-order chi connectivity index (χ0) is 22.1. The Morgan fingerprint density at radius 3 is 2.80 bits per heavy atom. The van der Waals surface area contributed by atoms with Gasteiger partial charge in [0.15, 0.2) is 11.0 Å². The van der Waals surface area contributed by atoms with Gasteiger partial charge in [0.05, 0.1) is 19.0 Å². The molecule has 2 atom stereocenters. The molecule has 0 aliphatic carbocycles. The van der Waals surface area contributed by atoms with Crippen LogP contribution in [-0.4, -0.2) is 71.7 Å². The minimum absolute atomic E-state index is 0.0449. The Balaban J connectivity index is 1.74. The Labute approximate surface area is 179 Å². The molecule has 0 amide bonds. The van der Waals surface area contributed by atoms with Crippen molar-refractivity contribution in [1.82, 2.24) is 23.6 Å². The maximum absolute atomic E-state index is 13.1. The maximum atomic E-state index is 13.1. The molecule has 12 heteroatoms. The zero-order valence-electron chi connectivity index (χ0n) is 16.8. The van der Waals surface area contributed by atoms with Gasteiger partial charge in [0.1, 0.15) is 18.1 Å². The highest BCUT2D eigenvalue weighted by Gasteiger charge is 2.37. The van der Waals surface area contributed by atoms with E-state index < -0.39 is 22.0 Å². The number of halogens is 2. The van der Waals surface area contributed by atoms with Gasteiger partial charge in [-0.05, 0) is 24.5 Å². The molecule has 0 radical (unpaired) electrons. The normalized spacial score (nSPS) is 20.5. The molecule has 1 aliphatic heterocycles. The summed E-state index contributed by atoms with van der Waals surface area (Å²) < 4.78 is 45.5. The summed E-state index contributed by atoms with van der Waals surface area (Å²) in [7, 11) is -1.24. The van der Waals surface area contributed by atoms with Gasteiger partial charge in [-0.1, -0.05) is 18.5 Å². The van der Waals surface area contributed by atoms with Crippen molar-refractivity contribution in [2.45, 2.75) is 19.3 Å². The predicted octanol–water partition coefficient (Wildman–Crippen LogP) is 2.04. The first-order valence-corrected chi connectivity index (χ1v) is 11.1. The summed E-state index contributed by atoms with van der Waals surface area (Å²) in [5, 5.41) is 0.284. The lowest BCUT2D eigenvalue weighted by Crippen LogP contribution is -2.49. The number of rotatable bonds is 6. The van der Waals surface area contributed by atoms with Gasteiger partial charge in [-0.25, -0.2) is 14.4 Å². The van der Waals surface area contributed by atoms with E-state index in [9.17, 15) is 17.6 Å². The minimum Gasteiger partial charge on any atom is -0.468 e. The van der Waals surface area contributed by atoms with Crippen molar-refractivity contribution in [1.29, 1.82) is 0 Å². The summed E-state index contributed by atoms with van der Waals surface area (Å²) in [6, 6.07) is 2.79. The highest BCUT2D eigenvalue weighted by Crippen LogP contribution is 2.37. The smallest absolute Gasteiger partial charge is 0.321 e. The number of methoxy groups -OCH3 is 1. The summed E-state index contributed by atoms with van der Waals surface area (Å²) in [4.78, 5) is 22.9. The molecule has 0 aromatic carbocycles. The quantitative estimate of drug-likeness (QED) is 0.662. The molecule has 0 saturated carbocycles. The number of piperidine rings is 1. The number of nitrogens with zero attached hydrogens (tertiary/aromatic N) is 4. The SMILES string of the molecule is COC(=O)CN(C)S(=O)(=O)N1CC[C@H](c2[nH]c(-c3ccc(F)cn3)nc2Cl)[C@H](C)C1. The standard InChI is InChI=1S/C18H23ClFN5O4S/c1-11-9-25(30(27,28)24(2)10-15(26)29-3)7-6-13(11)16-17(19)23-18(22-16)14-5-4-12(20)8-21-14/h4-5,8,11,13H,6-7,9-10H2,1-3H3,(H,22,23)/t11-,13+/m1/s1. The predicted molar refractivity (Wildman–Crippen MR) is 108 cm³/mol. The Hall–Kier alpha value is -2.08. The zero-order valence-corrected chi connectivity index (χ0v) is 18.4. The monoisotopic (exact) mass is 459 g/mol. The summed E-state index contributed by atoms with van der Waals surface area (Å²) in [5.41, 5.74) is 1.16. The van der Waals surface area contributed by atoms with Crippen molar-refractivity contribution in [3.05, 3.63) is 35.0 Å².